The molecule has 1 heterocycles. The van der Waals surface area contributed by atoms with E-state index in [0.717, 1.165) is 19.6 Å². The molecule has 1 aliphatic heterocycles. The Bertz CT molecular complexity index is 422. The van der Waals surface area contributed by atoms with Crippen LogP contribution in [0.4, 0.5) is 0 Å². The van der Waals surface area contributed by atoms with Gasteiger partial charge in [-0.05, 0) is 12.5 Å². The van der Waals surface area contributed by atoms with E-state index in [-0.39, 0.29) is 5.97 Å². The maximum absolute atomic E-state index is 10.8. The molecule has 1 fully saturated rings. The molecule has 3 heteroatoms. The summed E-state index contributed by atoms with van der Waals surface area (Å²) >= 11 is 0. The summed E-state index contributed by atoms with van der Waals surface area (Å²) in [5, 5.41) is 0. The molecule has 1 saturated heterocycles. The van der Waals surface area contributed by atoms with Gasteiger partial charge in [0.15, 0.2) is 0 Å². The molecule has 19 heavy (non-hydrogen) atoms. The Morgan fingerprint density at radius 1 is 1.37 bits per heavy atom. The van der Waals surface area contributed by atoms with Crippen molar-refractivity contribution in [3.8, 4) is 0 Å². The second-order valence-corrected chi connectivity index (χ2v) is 4.37. The summed E-state index contributed by atoms with van der Waals surface area (Å²) in [7, 11) is 0. The first-order valence-corrected chi connectivity index (χ1v) is 6.36. The van der Waals surface area contributed by atoms with Crippen LogP contribution in [0.15, 0.2) is 49.1 Å². The minimum Gasteiger partial charge on any atom is -0.461 e. The van der Waals surface area contributed by atoms with Gasteiger partial charge in [0.05, 0.1) is 0 Å². The summed E-state index contributed by atoms with van der Waals surface area (Å²) in [4.78, 5) is 13.0. The van der Waals surface area contributed by atoms with Crippen molar-refractivity contribution in [2.75, 3.05) is 26.2 Å². The molecule has 1 aromatic carbocycles. The summed E-state index contributed by atoms with van der Waals surface area (Å²) in [6, 6.07) is 10.0. The maximum atomic E-state index is 10.8. The van der Waals surface area contributed by atoms with Crippen molar-refractivity contribution < 1.29 is 9.53 Å². The first-order valence-electron chi connectivity index (χ1n) is 6.36. The molecule has 102 valence electrons. The lowest BCUT2D eigenvalue weighted by Crippen LogP contribution is -2.13. The second kappa shape index (κ2) is 8.27. The Kier molecular flexibility index (Phi) is 6.61. The number of carbonyl (C=O) groups excluding carboxylic acids is 1. The molecule has 0 atom stereocenters. The van der Waals surface area contributed by atoms with Gasteiger partial charge in [0.1, 0.15) is 6.61 Å². The third-order valence-corrected chi connectivity index (χ3v) is 2.56. The van der Waals surface area contributed by atoms with Gasteiger partial charge in [-0.25, -0.2) is 4.79 Å². The van der Waals surface area contributed by atoms with Crippen molar-refractivity contribution in [3.05, 3.63) is 54.6 Å². The van der Waals surface area contributed by atoms with Crippen LogP contribution < -0.4 is 0 Å². The van der Waals surface area contributed by atoms with Crippen LogP contribution in [-0.2, 0) is 9.53 Å². The van der Waals surface area contributed by atoms with Crippen LogP contribution in [0.5, 0.6) is 0 Å². The minimum absolute atomic E-state index is 0.285. The molecule has 0 saturated carbocycles. The van der Waals surface area contributed by atoms with E-state index in [1.54, 1.807) is 6.92 Å². The van der Waals surface area contributed by atoms with Gasteiger partial charge < -0.3 is 4.74 Å². The number of hydrogen-bond donors (Lipinski definition) is 0. The Labute approximate surface area is 115 Å². The molecule has 0 aliphatic carbocycles. The third-order valence-electron chi connectivity index (χ3n) is 2.56. The number of carbonyl (C=O) groups is 1. The molecule has 3 nitrogen and oxygen atoms in total. The second-order valence-electron chi connectivity index (χ2n) is 4.37. The van der Waals surface area contributed by atoms with Gasteiger partial charge in [0.2, 0.25) is 0 Å². The molecule has 1 aromatic rings. The predicted molar refractivity (Wildman–Crippen MR) is 78.7 cm³/mol. The summed E-state index contributed by atoms with van der Waals surface area (Å²) in [6.45, 7) is 12.4. The van der Waals surface area contributed by atoms with E-state index in [4.69, 9.17) is 4.74 Å². The summed E-state index contributed by atoms with van der Waals surface area (Å²) in [5.41, 5.74) is 1.64. The van der Waals surface area contributed by atoms with Crippen LogP contribution >= 0.6 is 0 Å². The molecular formula is C16H21NO2. The van der Waals surface area contributed by atoms with Crippen molar-refractivity contribution >= 4 is 12.0 Å². The minimum atomic E-state index is -0.285. The highest BCUT2D eigenvalue weighted by Gasteiger charge is 2.16. The molecule has 1 aliphatic rings. The summed E-state index contributed by atoms with van der Waals surface area (Å²) in [5.74, 6) is -0.285. The van der Waals surface area contributed by atoms with E-state index in [0.29, 0.717) is 12.2 Å². The van der Waals surface area contributed by atoms with Gasteiger partial charge in [-0.3, -0.25) is 4.90 Å². The van der Waals surface area contributed by atoms with E-state index in [2.05, 4.69) is 18.1 Å². The zero-order valence-corrected chi connectivity index (χ0v) is 11.5. The molecule has 0 spiro atoms. The third kappa shape index (κ3) is 7.21. The van der Waals surface area contributed by atoms with Crippen molar-refractivity contribution in [1.29, 1.82) is 0 Å². The molecule has 0 N–H and O–H groups in total. The Hall–Kier alpha value is -1.87. The van der Waals surface area contributed by atoms with Crippen LogP contribution in [0.3, 0.4) is 0 Å². The summed E-state index contributed by atoms with van der Waals surface area (Å²) in [6.07, 6.45) is 1.83. The highest BCUT2D eigenvalue weighted by atomic mass is 16.5. The Morgan fingerprint density at radius 3 is 2.42 bits per heavy atom. The molecular weight excluding hydrogens is 238 g/mol. The fraction of sp³-hybridized carbons (Fsp3) is 0.312. The Morgan fingerprint density at radius 2 is 2.00 bits per heavy atom. The SMILES string of the molecule is C=C(C)C(=O)OCCN1CC1.C=Cc1ccccc1. The molecule has 0 aromatic heterocycles. The van der Waals surface area contributed by atoms with Crippen LogP contribution in [0.25, 0.3) is 6.08 Å². The zero-order valence-electron chi connectivity index (χ0n) is 11.5. The monoisotopic (exact) mass is 259 g/mol. The Balaban J connectivity index is 0.000000200. The normalized spacial score (nSPS) is 12.9. The fourth-order valence-corrected chi connectivity index (χ4v) is 1.27. The van der Waals surface area contributed by atoms with Crippen LogP contribution in [0.2, 0.25) is 0 Å². The molecule has 2 rings (SSSR count). The number of esters is 1. The zero-order chi connectivity index (χ0) is 14.1. The smallest absolute Gasteiger partial charge is 0.333 e. The van der Waals surface area contributed by atoms with E-state index >= 15 is 0 Å². The summed E-state index contributed by atoms with van der Waals surface area (Å²) < 4.78 is 4.87. The predicted octanol–water partition coefficient (Wildman–Crippen LogP) is 2.75. The van der Waals surface area contributed by atoms with Gasteiger partial charge in [-0.15, -0.1) is 0 Å². The lowest BCUT2D eigenvalue weighted by atomic mass is 10.2. The largest absolute Gasteiger partial charge is 0.461 e. The van der Waals surface area contributed by atoms with Gasteiger partial charge in [0.25, 0.3) is 0 Å². The van der Waals surface area contributed by atoms with Crippen molar-refractivity contribution in [2.24, 2.45) is 0 Å². The maximum Gasteiger partial charge on any atom is 0.333 e. The molecule has 0 amide bonds. The topological polar surface area (TPSA) is 29.3 Å². The average Bonchev–Trinajstić information content (AvgIpc) is 3.24. The highest BCUT2D eigenvalue weighted by molar-refractivity contribution is 5.86. The number of nitrogens with zero attached hydrogens (tertiary/aromatic N) is 1. The van der Waals surface area contributed by atoms with Crippen molar-refractivity contribution in [2.45, 2.75) is 6.92 Å². The standard InChI is InChI=1S/C8H13NO2.C8H8/c1-7(2)8(10)11-6-5-9-3-4-9;1-2-8-6-4-3-5-7-8/h1,3-6H2,2H3;2-7H,1H2. The van der Waals surface area contributed by atoms with Gasteiger partial charge in [-0.2, -0.15) is 0 Å². The number of rotatable bonds is 5. The van der Waals surface area contributed by atoms with Gasteiger partial charge in [-0.1, -0.05) is 49.6 Å². The van der Waals surface area contributed by atoms with Crippen LogP contribution in [-0.4, -0.2) is 37.1 Å². The van der Waals surface area contributed by atoms with E-state index in [1.165, 1.54) is 5.56 Å². The molecule has 0 radical (unpaired) electrons. The van der Waals surface area contributed by atoms with E-state index in [1.807, 2.05) is 36.4 Å². The van der Waals surface area contributed by atoms with E-state index in [9.17, 15) is 4.79 Å². The lowest BCUT2D eigenvalue weighted by Gasteiger charge is -2.03. The molecule has 0 bridgehead atoms. The van der Waals surface area contributed by atoms with Crippen molar-refractivity contribution in [1.82, 2.24) is 4.90 Å². The van der Waals surface area contributed by atoms with Crippen molar-refractivity contribution in [3.63, 3.8) is 0 Å². The van der Waals surface area contributed by atoms with Crippen LogP contribution in [0, 0.1) is 0 Å². The first-order chi connectivity index (χ1) is 9.13. The quantitative estimate of drug-likeness (QED) is 0.462. The number of ether oxygens (including phenoxy) is 1. The van der Waals surface area contributed by atoms with E-state index < -0.39 is 0 Å². The average molecular weight is 259 g/mol. The van der Waals surface area contributed by atoms with Gasteiger partial charge >= 0.3 is 5.97 Å². The molecule has 0 unspecified atom stereocenters. The van der Waals surface area contributed by atoms with Gasteiger partial charge in [0, 0.05) is 25.2 Å². The number of hydrogen-bond acceptors (Lipinski definition) is 3. The van der Waals surface area contributed by atoms with Crippen LogP contribution in [0.1, 0.15) is 12.5 Å². The number of benzene rings is 1. The lowest BCUT2D eigenvalue weighted by molar-refractivity contribution is -0.139. The fourth-order valence-electron chi connectivity index (χ4n) is 1.27. The highest BCUT2D eigenvalue weighted by Crippen LogP contribution is 2.02. The first kappa shape index (κ1) is 15.2.